The molecule has 1 heterocycles. The Morgan fingerprint density at radius 2 is 1.88 bits per heavy atom. The number of benzene rings is 1. The molecule has 0 radical (unpaired) electrons. The highest BCUT2D eigenvalue weighted by molar-refractivity contribution is 5.87. The van der Waals surface area contributed by atoms with Gasteiger partial charge in [0.1, 0.15) is 5.75 Å². The molecule has 0 saturated carbocycles. The van der Waals surface area contributed by atoms with E-state index in [0.717, 1.165) is 25.0 Å². The molecule has 0 unspecified atom stereocenters. The van der Waals surface area contributed by atoms with Crippen molar-refractivity contribution in [3.05, 3.63) is 29.8 Å². The highest BCUT2D eigenvalue weighted by Crippen LogP contribution is 2.36. The predicted octanol–water partition coefficient (Wildman–Crippen LogP) is 2.21. The van der Waals surface area contributed by atoms with E-state index in [0.29, 0.717) is 13.1 Å². The zero-order valence-corrected chi connectivity index (χ0v) is 13.2. The van der Waals surface area contributed by atoms with Crippen LogP contribution in [0.3, 0.4) is 0 Å². The van der Waals surface area contributed by atoms with Crippen LogP contribution in [0.15, 0.2) is 24.3 Å². The van der Waals surface area contributed by atoms with Crippen molar-refractivity contribution in [2.45, 2.75) is 32.0 Å². The fourth-order valence-electron chi connectivity index (χ4n) is 2.43. The first-order valence-corrected chi connectivity index (χ1v) is 7.67. The lowest BCUT2D eigenvalue weighted by atomic mass is 10.2. The molecule has 1 saturated heterocycles. The number of amides is 2. The first-order valence-electron chi connectivity index (χ1n) is 7.67. The maximum atomic E-state index is 12.9. The summed E-state index contributed by atoms with van der Waals surface area (Å²) in [5, 5.41) is 2.40. The second-order valence-electron chi connectivity index (χ2n) is 5.56. The fraction of sp³-hybridized carbons (Fsp3) is 0.500. The van der Waals surface area contributed by atoms with Crippen molar-refractivity contribution in [1.29, 1.82) is 0 Å². The Hall–Kier alpha value is -2.25. The van der Waals surface area contributed by atoms with Crippen molar-refractivity contribution in [2.24, 2.45) is 0 Å². The number of para-hydroxylation sites is 1. The van der Waals surface area contributed by atoms with Gasteiger partial charge < -0.3 is 15.0 Å². The van der Waals surface area contributed by atoms with Gasteiger partial charge in [-0.3, -0.25) is 9.59 Å². The van der Waals surface area contributed by atoms with E-state index in [2.05, 4.69) is 5.32 Å². The number of likely N-dealkylation sites (tertiary alicyclic amines) is 1. The van der Waals surface area contributed by atoms with Gasteiger partial charge in [0.2, 0.25) is 5.91 Å². The number of halogens is 3. The summed E-state index contributed by atoms with van der Waals surface area (Å²) < 4.78 is 43.8. The first-order chi connectivity index (χ1) is 11.3. The van der Waals surface area contributed by atoms with Crippen LogP contribution < -0.4 is 10.1 Å². The molecule has 1 fully saturated rings. The third kappa shape index (κ3) is 4.62. The second kappa shape index (κ2) is 7.55. The van der Waals surface area contributed by atoms with E-state index < -0.39 is 29.5 Å². The summed E-state index contributed by atoms with van der Waals surface area (Å²) in [5.41, 5.74) is -0.946. The minimum absolute atomic E-state index is 0.187. The monoisotopic (exact) mass is 344 g/mol. The molecule has 1 atom stereocenters. The van der Waals surface area contributed by atoms with Crippen LogP contribution in [0, 0.1) is 0 Å². The van der Waals surface area contributed by atoms with E-state index in [9.17, 15) is 22.8 Å². The van der Waals surface area contributed by atoms with E-state index in [1.54, 1.807) is 4.90 Å². The van der Waals surface area contributed by atoms with E-state index in [1.807, 2.05) is 0 Å². The molecular weight excluding hydrogens is 325 g/mol. The third-order valence-corrected chi connectivity index (χ3v) is 3.74. The Bertz CT molecular complexity index is 598. The molecule has 2 amide bonds. The van der Waals surface area contributed by atoms with Crippen LogP contribution in [0.1, 0.15) is 25.3 Å². The molecule has 2 rings (SSSR count). The van der Waals surface area contributed by atoms with Gasteiger partial charge in [-0.25, -0.2) is 0 Å². The number of alkyl halides is 3. The van der Waals surface area contributed by atoms with Gasteiger partial charge in [0, 0.05) is 13.1 Å². The molecule has 0 aliphatic carbocycles. The largest absolute Gasteiger partial charge is 0.480 e. The quantitative estimate of drug-likeness (QED) is 0.891. The summed E-state index contributed by atoms with van der Waals surface area (Å²) in [4.78, 5) is 25.4. The summed E-state index contributed by atoms with van der Waals surface area (Å²) >= 11 is 0. The van der Waals surface area contributed by atoms with Gasteiger partial charge in [-0.15, -0.1) is 0 Å². The van der Waals surface area contributed by atoms with Crippen molar-refractivity contribution >= 4 is 11.8 Å². The number of carbonyl (C=O) groups is 2. The van der Waals surface area contributed by atoms with Crippen LogP contribution in [0.5, 0.6) is 5.75 Å². The zero-order valence-electron chi connectivity index (χ0n) is 13.2. The van der Waals surface area contributed by atoms with Crippen molar-refractivity contribution in [3.8, 4) is 5.75 Å². The van der Waals surface area contributed by atoms with Crippen molar-refractivity contribution < 1.29 is 27.5 Å². The summed E-state index contributed by atoms with van der Waals surface area (Å²) in [6.07, 6.45) is -3.85. The van der Waals surface area contributed by atoms with Gasteiger partial charge in [-0.1, -0.05) is 12.1 Å². The Morgan fingerprint density at radius 1 is 1.25 bits per heavy atom. The smallest absolute Gasteiger partial charge is 0.419 e. The molecule has 5 nitrogen and oxygen atoms in total. The zero-order chi connectivity index (χ0) is 17.7. The Labute approximate surface area is 137 Å². The van der Waals surface area contributed by atoms with Gasteiger partial charge >= 0.3 is 6.18 Å². The Morgan fingerprint density at radius 3 is 2.50 bits per heavy atom. The van der Waals surface area contributed by atoms with Crippen molar-refractivity contribution in [2.75, 3.05) is 19.6 Å². The molecule has 8 heteroatoms. The molecule has 1 aromatic carbocycles. The second-order valence-corrected chi connectivity index (χ2v) is 5.56. The number of hydrogen-bond acceptors (Lipinski definition) is 3. The fourth-order valence-corrected chi connectivity index (χ4v) is 2.43. The number of nitrogens with one attached hydrogen (secondary N) is 1. The molecule has 132 valence electrons. The predicted molar refractivity (Wildman–Crippen MR) is 80.4 cm³/mol. The molecule has 1 aliphatic rings. The van der Waals surface area contributed by atoms with Crippen LogP contribution in [0.25, 0.3) is 0 Å². The van der Waals surface area contributed by atoms with Gasteiger partial charge in [0.25, 0.3) is 5.91 Å². The molecule has 24 heavy (non-hydrogen) atoms. The summed E-state index contributed by atoms with van der Waals surface area (Å²) in [7, 11) is 0. The normalized spacial score (nSPS) is 15.9. The van der Waals surface area contributed by atoms with Gasteiger partial charge in [0.05, 0.1) is 12.1 Å². The minimum Gasteiger partial charge on any atom is -0.480 e. The molecule has 1 aliphatic heterocycles. The maximum Gasteiger partial charge on any atom is 0.419 e. The highest BCUT2D eigenvalue weighted by Gasteiger charge is 2.34. The lowest BCUT2D eigenvalue weighted by Gasteiger charge is -2.19. The number of ether oxygens (including phenoxy) is 1. The maximum absolute atomic E-state index is 12.9. The third-order valence-electron chi connectivity index (χ3n) is 3.74. The van der Waals surface area contributed by atoms with Crippen LogP contribution in [0.2, 0.25) is 0 Å². The van der Waals surface area contributed by atoms with Crippen LogP contribution in [-0.4, -0.2) is 42.5 Å². The average Bonchev–Trinajstić information content (AvgIpc) is 3.06. The number of hydrogen-bond donors (Lipinski definition) is 1. The van der Waals surface area contributed by atoms with Gasteiger partial charge in [-0.05, 0) is 31.9 Å². The lowest BCUT2D eigenvalue weighted by Crippen LogP contribution is -2.43. The summed E-state index contributed by atoms with van der Waals surface area (Å²) in [6, 6.07) is 4.68. The Kier molecular flexibility index (Phi) is 5.69. The summed E-state index contributed by atoms with van der Waals surface area (Å²) in [5.74, 6) is -1.26. The van der Waals surface area contributed by atoms with Crippen LogP contribution >= 0.6 is 0 Å². The SMILES string of the molecule is C[C@@H](Oc1ccccc1C(F)(F)F)C(=O)NCC(=O)N1CCCC1. The highest BCUT2D eigenvalue weighted by atomic mass is 19.4. The van der Waals surface area contributed by atoms with Gasteiger partial charge in [0.15, 0.2) is 6.10 Å². The molecule has 1 aromatic rings. The molecule has 0 bridgehead atoms. The standard InChI is InChI=1S/C16H19F3N2O3/c1-11(15(23)20-10-14(22)21-8-4-5-9-21)24-13-7-3-2-6-12(13)16(17,18)19/h2-3,6-7,11H,4-5,8-10H2,1H3,(H,20,23)/t11-/m1/s1. The topological polar surface area (TPSA) is 58.6 Å². The molecule has 0 spiro atoms. The Balaban J connectivity index is 1.91. The van der Waals surface area contributed by atoms with Crippen LogP contribution in [0.4, 0.5) is 13.2 Å². The average molecular weight is 344 g/mol. The molecule has 0 aromatic heterocycles. The molecule has 1 N–H and O–H groups in total. The van der Waals surface area contributed by atoms with E-state index in [-0.39, 0.29) is 12.5 Å². The van der Waals surface area contributed by atoms with E-state index in [4.69, 9.17) is 4.74 Å². The van der Waals surface area contributed by atoms with Crippen molar-refractivity contribution in [3.63, 3.8) is 0 Å². The minimum atomic E-state index is -4.57. The lowest BCUT2D eigenvalue weighted by molar-refractivity contribution is -0.140. The first kappa shape index (κ1) is 18.1. The number of carbonyl (C=O) groups excluding carboxylic acids is 2. The van der Waals surface area contributed by atoms with E-state index >= 15 is 0 Å². The number of nitrogens with zero attached hydrogens (tertiary/aromatic N) is 1. The number of rotatable bonds is 5. The molecular formula is C16H19F3N2O3. The van der Waals surface area contributed by atoms with Gasteiger partial charge in [-0.2, -0.15) is 13.2 Å². The van der Waals surface area contributed by atoms with Crippen LogP contribution in [-0.2, 0) is 15.8 Å². The summed E-state index contributed by atoms with van der Waals surface area (Å²) in [6.45, 7) is 2.48. The van der Waals surface area contributed by atoms with Crippen molar-refractivity contribution in [1.82, 2.24) is 10.2 Å². The van der Waals surface area contributed by atoms with E-state index in [1.165, 1.54) is 19.1 Å².